The van der Waals surface area contributed by atoms with Gasteiger partial charge in [0.2, 0.25) is 5.91 Å². The number of nitrogens with one attached hydrogen (secondary N) is 2. The van der Waals surface area contributed by atoms with Crippen LogP contribution in [0.4, 0.5) is 0 Å². The number of carboxylic acid groups (broad SMARTS) is 1. The predicted octanol–water partition coefficient (Wildman–Crippen LogP) is 2.63. The van der Waals surface area contributed by atoms with E-state index in [-0.39, 0.29) is 18.2 Å². The van der Waals surface area contributed by atoms with E-state index in [0.29, 0.717) is 6.42 Å². The van der Waals surface area contributed by atoms with Crippen molar-refractivity contribution in [2.75, 3.05) is 0 Å². The Morgan fingerprint density at radius 3 is 2.73 bits per heavy atom. The van der Waals surface area contributed by atoms with Gasteiger partial charge in [-0.2, -0.15) is 0 Å². The second kappa shape index (κ2) is 6.64. The van der Waals surface area contributed by atoms with Gasteiger partial charge in [-0.25, -0.2) is 4.79 Å². The first-order valence-corrected chi connectivity index (χ1v) is 7.51. The van der Waals surface area contributed by atoms with E-state index in [4.69, 9.17) is 0 Å². The van der Waals surface area contributed by atoms with Crippen molar-refractivity contribution in [1.29, 1.82) is 0 Å². The lowest BCUT2D eigenvalue weighted by Crippen LogP contribution is -2.45. The molecular formula is C17H22N2O3. The quantitative estimate of drug-likeness (QED) is 0.767. The van der Waals surface area contributed by atoms with Crippen LogP contribution in [-0.4, -0.2) is 28.0 Å². The van der Waals surface area contributed by atoms with Gasteiger partial charge < -0.3 is 15.4 Å². The van der Waals surface area contributed by atoms with Crippen LogP contribution in [0.5, 0.6) is 0 Å². The maximum Gasteiger partial charge on any atom is 0.326 e. The normalized spacial score (nSPS) is 13.8. The second-order valence-electron chi connectivity index (χ2n) is 5.76. The van der Waals surface area contributed by atoms with Gasteiger partial charge in [-0.1, -0.05) is 38.5 Å². The molecule has 0 saturated heterocycles. The highest BCUT2D eigenvalue weighted by molar-refractivity contribution is 5.91. The van der Waals surface area contributed by atoms with Gasteiger partial charge in [0.25, 0.3) is 0 Å². The minimum Gasteiger partial charge on any atom is -0.480 e. The van der Waals surface area contributed by atoms with Crippen LogP contribution in [-0.2, 0) is 16.0 Å². The van der Waals surface area contributed by atoms with Gasteiger partial charge in [0, 0.05) is 17.1 Å². The lowest BCUT2D eigenvalue weighted by Gasteiger charge is -2.20. The number of hydrogen-bond acceptors (Lipinski definition) is 2. The molecule has 5 heteroatoms. The van der Waals surface area contributed by atoms with E-state index in [1.54, 1.807) is 0 Å². The van der Waals surface area contributed by atoms with Gasteiger partial charge in [-0.15, -0.1) is 0 Å². The van der Waals surface area contributed by atoms with Crippen LogP contribution < -0.4 is 5.32 Å². The number of H-pyrrole nitrogens is 1. The fourth-order valence-corrected chi connectivity index (χ4v) is 2.59. The molecule has 1 aromatic heterocycles. The first-order valence-electron chi connectivity index (χ1n) is 7.51. The molecule has 5 nitrogen and oxygen atoms in total. The molecule has 0 unspecified atom stereocenters. The number of aryl methyl sites for hydroxylation is 1. The topological polar surface area (TPSA) is 82.2 Å². The third kappa shape index (κ3) is 3.30. The standard InChI is InChI=1S/C17H22N2O3/c1-4-10(2)16(17(21)22)19-14(20)8-12-9-18-15-11(3)6-5-7-13(12)15/h5-7,9-10,16,18H,4,8H2,1-3H3,(H,19,20)(H,21,22)/t10-,16-/m0/s1. The van der Waals surface area contributed by atoms with Crippen LogP contribution >= 0.6 is 0 Å². The van der Waals surface area contributed by atoms with Gasteiger partial charge >= 0.3 is 5.97 Å². The van der Waals surface area contributed by atoms with E-state index >= 15 is 0 Å². The summed E-state index contributed by atoms with van der Waals surface area (Å²) in [6, 6.07) is 5.08. The van der Waals surface area contributed by atoms with E-state index in [0.717, 1.165) is 22.0 Å². The van der Waals surface area contributed by atoms with Gasteiger partial charge in [0.15, 0.2) is 0 Å². The summed E-state index contributed by atoms with van der Waals surface area (Å²) >= 11 is 0. The van der Waals surface area contributed by atoms with Crippen LogP contribution in [0.15, 0.2) is 24.4 Å². The molecule has 3 N–H and O–H groups in total. The highest BCUT2D eigenvalue weighted by atomic mass is 16.4. The average molecular weight is 302 g/mol. The van der Waals surface area contributed by atoms with Crippen molar-refractivity contribution in [3.05, 3.63) is 35.5 Å². The Kier molecular flexibility index (Phi) is 4.85. The number of carbonyl (C=O) groups excluding carboxylic acids is 1. The number of aromatic nitrogens is 1. The minimum absolute atomic E-state index is 0.105. The van der Waals surface area contributed by atoms with Crippen LogP contribution in [0.25, 0.3) is 10.9 Å². The molecule has 2 rings (SSSR count). The summed E-state index contributed by atoms with van der Waals surface area (Å²) in [5.41, 5.74) is 3.01. The number of aromatic amines is 1. The summed E-state index contributed by atoms with van der Waals surface area (Å²) in [7, 11) is 0. The van der Waals surface area contributed by atoms with Crippen molar-refractivity contribution in [2.24, 2.45) is 5.92 Å². The summed E-state index contributed by atoms with van der Waals surface area (Å²) in [6.45, 7) is 5.75. The van der Waals surface area contributed by atoms with Gasteiger partial charge in [0.05, 0.1) is 6.42 Å². The zero-order chi connectivity index (χ0) is 16.3. The zero-order valence-corrected chi connectivity index (χ0v) is 13.1. The van der Waals surface area contributed by atoms with Crippen molar-refractivity contribution in [2.45, 2.75) is 39.7 Å². The number of carbonyl (C=O) groups is 2. The summed E-state index contributed by atoms with van der Waals surface area (Å²) in [4.78, 5) is 26.6. The number of carboxylic acids is 1. The van der Waals surface area contributed by atoms with Gasteiger partial charge in [0.1, 0.15) is 6.04 Å². The third-order valence-corrected chi connectivity index (χ3v) is 4.16. The average Bonchev–Trinajstić information content (AvgIpc) is 2.88. The number of amides is 1. The minimum atomic E-state index is -0.988. The maximum atomic E-state index is 12.2. The van der Waals surface area contributed by atoms with Crippen molar-refractivity contribution < 1.29 is 14.7 Å². The molecule has 0 spiro atoms. The molecule has 1 amide bonds. The van der Waals surface area contributed by atoms with E-state index in [2.05, 4.69) is 10.3 Å². The Bertz CT molecular complexity index is 690. The summed E-state index contributed by atoms with van der Waals surface area (Å²) < 4.78 is 0. The number of benzene rings is 1. The van der Waals surface area contributed by atoms with E-state index in [9.17, 15) is 14.7 Å². The molecule has 0 radical (unpaired) electrons. The van der Waals surface area contributed by atoms with Crippen molar-refractivity contribution in [1.82, 2.24) is 10.3 Å². The number of hydrogen-bond donors (Lipinski definition) is 3. The Balaban J connectivity index is 2.14. The molecular weight excluding hydrogens is 280 g/mol. The van der Waals surface area contributed by atoms with E-state index in [1.165, 1.54) is 0 Å². The van der Waals surface area contributed by atoms with Gasteiger partial charge in [-0.3, -0.25) is 4.79 Å². The first kappa shape index (κ1) is 16.1. The Morgan fingerprint density at radius 2 is 2.09 bits per heavy atom. The summed E-state index contributed by atoms with van der Waals surface area (Å²) in [5.74, 6) is -1.36. The third-order valence-electron chi connectivity index (χ3n) is 4.16. The lowest BCUT2D eigenvalue weighted by molar-refractivity contribution is -0.143. The molecule has 0 bridgehead atoms. The van der Waals surface area contributed by atoms with Crippen LogP contribution in [0, 0.1) is 12.8 Å². The smallest absolute Gasteiger partial charge is 0.326 e. The molecule has 0 aliphatic carbocycles. The van der Waals surface area contributed by atoms with E-state index < -0.39 is 12.0 Å². The molecule has 2 atom stereocenters. The number of aliphatic carboxylic acids is 1. The van der Waals surface area contributed by atoms with Crippen molar-refractivity contribution >= 4 is 22.8 Å². The second-order valence-corrected chi connectivity index (χ2v) is 5.76. The Morgan fingerprint density at radius 1 is 1.36 bits per heavy atom. The monoisotopic (exact) mass is 302 g/mol. The SMILES string of the molecule is CC[C@H](C)[C@H](NC(=O)Cc1c[nH]c2c(C)cccc12)C(=O)O. The molecule has 1 heterocycles. The largest absolute Gasteiger partial charge is 0.480 e. The molecule has 2 aromatic rings. The fourth-order valence-electron chi connectivity index (χ4n) is 2.59. The predicted molar refractivity (Wildman–Crippen MR) is 85.8 cm³/mol. The van der Waals surface area contributed by atoms with Crippen LogP contribution in [0.1, 0.15) is 31.4 Å². The molecule has 0 fully saturated rings. The summed E-state index contributed by atoms with van der Waals surface area (Å²) in [6.07, 6.45) is 2.68. The highest BCUT2D eigenvalue weighted by Crippen LogP contribution is 2.21. The number of rotatable bonds is 6. The Hall–Kier alpha value is -2.30. The molecule has 1 aromatic carbocycles. The van der Waals surface area contributed by atoms with Crippen molar-refractivity contribution in [3.63, 3.8) is 0 Å². The van der Waals surface area contributed by atoms with Gasteiger partial charge in [-0.05, 0) is 24.0 Å². The molecule has 0 aliphatic rings. The van der Waals surface area contributed by atoms with E-state index in [1.807, 2.05) is 45.2 Å². The Labute approximate surface area is 129 Å². The number of fused-ring (bicyclic) bond motifs is 1. The molecule has 0 saturated carbocycles. The molecule has 0 aliphatic heterocycles. The maximum absolute atomic E-state index is 12.2. The summed E-state index contributed by atoms with van der Waals surface area (Å²) in [5, 5.41) is 12.9. The fraction of sp³-hybridized carbons (Fsp3) is 0.412. The zero-order valence-electron chi connectivity index (χ0n) is 13.1. The number of para-hydroxylation sites is 1. The first-order chi connectivity index (χ1) is 10.4. The molecule has 118 valence electrons. The highest BCUT2D eigenvalue weighted by Gasteiger charge is 2.25. The lowest BCUT2D eigenvalue weighted by atomic mass is 9.99. The van der Waals surface area contributed by atoms with Crippen LogP contribution in [0.2, 0.25) is 0 Å². The van der Waals surface area contributed by atoms with Crippen molar-refractivity contribution in [3.8, 4) is 0 Å². The van der Waals surface area contributed by atoms with Crippen LogP contribution in [0.3, 0.4) is 0 Å². The molecule has 22 heavy (non-hydrogen) atoms.